The van der Waals surface area contributed by atoms with Crippen molar-refractivity contribution >= 4 is 11.6 Å². The molecule has 3 heteroatoms. The molecule has 0 N–H and O–H groups in total. The summed E-state index contributed by atoms with van der Waals surface area (Å²) in [6, 6.07) is 38.5. The van der Waals surface area contributed by atoms with Crippen LogP contribution in [0.5, 0.6) is 0 Å². The van der Waals surface area contributed by atoms with Crippen molar-refractivity contribution in [2.24, 2.45) is 0 Å². The first kappa shape index (κ1) is 19.2. The molecule has 0 bridgehead atoms. The molecule has 0 aliphatic heterocycles. The van der Waals surface area contributed by atoms with Crippen LogP contribution in [0.3, 0.4) is 0 Å². The van der Waals surface area contributed by atoms with Gasteiger partial charge in [-0.1, -0.05) is 109 Å². The molecule has 5 aromatic rings. The van der Waals surface area contributed by atoms with Gasteiger partial charge < -0.3 is 0 Å². The third kappa shape index (κ3) is 4.11. The number of hydrogen-bond acceptors (Lipinski definition) is 2. The first-order valence-electron chi connectivity index (χ1n) is 10.1. The van der Waals surface area contributed by atoms with Crippen LogP contribution in [0.2, 0.25) is 5.02 Å². The minimum atomic E-state index is 0.697. The van der Waals surface area contributed by atoms with Crippen LogP contribution >= 0.6 is 11.6 Å². The molecule has 0 fully saturated rings. The molecule has 1 aromatic heterocycles. The number of halogens is 1. The minimum absolute atomic E-state index is 0.697. The fourth-order valence-corrected chi connectivity index (χ4v) is 3.83. The normalized spacial score (nSPS) is 10.7. The Labute approximate surface area is 186 Å². The monoisotopic (exact) mass is 418 g/mol. The molecule has 5 rings (SSSR count). The molecule has 0 saturated heterocycles. The molecule has 0 spiro atoms. The third-order valence-corrected chi connectivity index (χ3v) is 5.41. The third-order valence-electron chi connectivity index (χ3n) is 5.17. The zero-order valence-electron chi connectivity index (χ0n) is 16.7. The second-order valence-corrected chi connectivity index (χ2v) is 7.69. The van der Waals surface area contributed by atoms with E-state index in [1.165, 1.54) is 0 Å². The lowest BCUT2D eigenvalue weighted by atomic mass is 9.96. The van der Waals surface area contributed by atoms with Gasteiger partial charge in [-0.05, 0) is 29.3 Å². The lowest BCUT2D eigenvalue weighted by Gasteiger charge is -2.13. The van der Waals surface area contributed by atoms with Gasteiger partial charge in [-0.3, -0.25) is 0 Å². The van der Waals surface area contributed by atoms with Gasteiger partial charge in [0.2, 0.25) is 0 Å². The SMILES string of the molecule is Clc1ccc(-c2cc(-c3ccccc3)nc(-c3ccccc3)n2)c(-c2ccccc2)c1. The summed E-state index contributed by atoms with van der Waals surface area (Å²) in [5, 5.41) is 0.697. The largest absolute Gasteiger partial charge is 0.228 e. The van der Waals surface area contributed by atoms with Crippen LogP contribution in [-0.2, 0) is 0 Å². The molecular weight excluding hydrogens is 400 g/mol. The van der Waals surface area contributed by atoms with Gasteiger partial charge in [-0.25, -0.2) is 9.97 Å². The van der Waals surface area contributed by atoms with E-state index < -0.39 is 0 Å². The van der Waals surface area contributed by atoms with Crippen LogP contribution in [0, 0.1) is 0 Å². The highest BCUT2D eigenvalue weighted by Gasteiger charge is 2.14. The van der Waals surface area contributed by atoms with Crippen molar-refractivity contribution in [1.29, 1.82) is 0 Å². The Kier molecular flexibility index (Phi) is 5.30. The molecule has 4 aromatic carbocycles. The molecular formula is C28H19ClN2. The summed E-state index contributed by atoms with van der Waals surface area (Å²) in [7, 11) is 0. The Balaban J connectivity index is 1.75. The van der Waals surface area contributed by atoms with Gasteiger partial charge in [0.1, 0.15) is 0 Å². The maximum Gasteiger partial charge on any atom is 0.160 e. The summed E-state index contributed by atoms with van der Waals surface area (Å²) in [6.07, 6.45) is 0. The highest BCUT2D eigenvalue weighted by Crippen LogP contribution is 2.35. The van der Waals surface area contributed by atoms with E-state index in [9.17, 15) is 0 Å². The summed E-state index contributed by atoms with van der Waals surface area (Å²) < 4.78 is 0. The van der Waals surface area contributed by atoms with Crippen LogP contribution in [0.4, 0.5) is 0 Å². The van der Waals surface area contributed by atoms with E-state index >= 15 is 0 Å². The van der Waals surface area contributed by atoms with Gasteiger partial charge in [-0.15, -0.1) is 0 Å². The highest BCUT2D eigenvalue weighted by atomic mass is 35.5. The molecule has 0 aliphatic carbocycles. The van der Waals surface area contributed by atoms with Crippen molar-refractivity contribution in [3.63, 3.8) is 0 Å². The first-order chi connectivity index (χ1) is 15.3. The Hall–Kier alpha value is -3.75. The maximum atomic E-state index is 6.38. The smallest absolute Gasteiger partial charge is 0.160 e. The predicted molar refractivity (Wildman–Crippen MR) is 129 cm³/mol. The number of rotatable bonds is 4. The molecule has 0 saturated carbocycles. The molecule has 31 heavy (non-hydrogen) atoms. The Morgan fingerprint density at radius 3 is 1.65 bits per heavy atom. The van der Waals surface area contributed by atoms with Crippen molar-refractivity contribution < 1.29 is 0 Å². The molecule has 0 amide bonds. The molecule has 1 heterocycles. The van der Waals surface area contributed by atoms with E-state index in [4.69, 9.17) is 21.6 Å². The molecule has 148 valence electrons. The van der Waals surface area contributed by atoms with E-state index in [-0.39, 0.29) is 0 Å². The maximum absolute atomic E-state index is 6.38. The van der Waals surface area contributed by atoms with E-state index in [2.05, 4.69) is 30.3 Å². The zero-order chi connectivity index (χ0) is 21.0. The Morgan fingerprint density at radius 2 is 1.00 bits per heavy atom. The lowest BCUT2D eigenvalue weighted by molar-refractivity contribution is 1.18. The number of benzene rings is 4. The van der Waals surface area contributed by atoms with Gasteiger partial charge >= 0.3 is 0 Å². The van der Waals surface area contributed by atoms with Crippen molar-refractivity contribution in [2.45, 2.75) is 0 Å². The lowest BCUT2D eigenvalue weighted by Crippen LogP contribution is -1.97. The van der Waals surface area contributed by atoms with E-state index in [1.807, 2.05) is 84.9 Å². The number of nitrogens with zero attached hydrogens (tertiary/aromatic N) is 2. The van der Waals surface area contributed by atoms with E-state index in [1.54, 1.807) is 0 Å². The fourth-order valence-electron chi connectivity index (χ4n) is 3.65. The quantitative estimate of drug-likeness (QED) is 0.297. The molecule has 0 radical (unpaired) electrons. The minimum Gasteiger partial charge on any atom is -0.228 e. The van der Waals surface area contributed by atoms with Crippen LogP contribution in [0.25, 0.3) is 45.0 Å². The summed E-state index contributed by atoms with van der Waals surface area (Å²) in [5.74, 6) is 0.700. The predicted octanol–water partition coefficient (Wildman–Crippen LogP) is 7.80. The van der Waals surface area contributed by atoms with Gasteiger partial charge in [-0.2, -0.15) is 0 Å². The Morgan fingerprint density at radius 1 is 0.452 bits per heavy atom. The van der Waals surface area contributed by atoms with Crippen molar-refractivity contribution in [3.05, 3.63) is 120 Å². The van der Waals surface area contributed by atoms with Crippen molar-refractivity contribution in [2.75, 3.05) is 0 Å². The summed E-state index contributed by atoms with van der Waals surface area (Å²) in [4.78, 5) is 9.84. The van der Waals surface area contributed by atoms with Gasteiger partial charge in [0.25, 0.3) is 0 Å². The second-order valence-electron chi connectivity index (χ2n) is 7.25. The Bertz CT molecular complexity index is 1260. The number of aromatic nitrogens is 2. The number of hydrogen-bond donors (Lipinski definition) is 0. The van der Waals surface area contributed by atoms with Crippen LogP contribution in [0.1, 0.15) is 0 Å². The summed E-state index contributed by atoms with van der Waals surface area (Å²) >= 11 is 6.38. The molecule has 2 nitrogen and oxygen atoms in total. The second kappa shape index (κ2) is 8.55. The zero-order valence-corrected chi connectivity index (χ0v) is 17.5. The van der Waals surface area contributed by atoms with Gasteiger partial charge in [0.15, 0.2) is 5.82 Å². The molecule has 0 atom stereocenters. The topological polar surface area (TPSA) is 25.8 Å². The van der Waals surface area contributed by atoms with Crippen LogP contribution in [-0.4, -0.2) is 9.97 Å². The molecule has 0 unspecified atom stereocenters. The van der Waals surface area contributed by atoms with Gasteiger partial charge in [0.05, 0.1) is 11.4 Å². The van der Waals surface area contributed by atoms with Crippen LogP contribution < -0.4 is 0 Å². The van der Waals surface area contributed by atoms with Gasteiger partial charge in [0, 0.05) is 21.7 Å². The average Bonchev–Trinajstić information content (AvgIpc) is 2.85. The highest BCUT2D eigenvalue weighted by molar-refractivity contribution is 6.31. The van der Waals surface area contributed by atoms with Crippen LogP contribution in [0.15, 0.2) is 115 Å². The van der Waals surface area contributed by atoms with Crippen molar-refractivity contribution in [3.8, 4) is 45.0 Å². The van der Waals surface area contributed by atoms with Crippen molar-refractivity contribution in [1.82, 2.24) is 9.97 Å². The standard InChI is InChI=1S/C28H19ClN2/c29-23-16-17-24(25(18-23)20-10-4-1-5-11-20)27-19-26(21-12-6-2-7-13-21)30-28(31-27)22-14-8-3-9-15-22/h1-19H. The molecule has 0 aliphatic rings. The first-order valence-corrected chi connectivity index (χ1v) is 10.5. The average molecular weight is 419 g/mol. The van der Waals surface area contributed by atoms with E-state index in [0.29, 0.717) is 10.8 Å². The summed E-state index contributed by atoms with van der Waals surface area (Å²) in [5.41, 5.74) is 6.95. The van der Waals surface area contributed by atoms with E-state index in [0.717, 1.165) is 39.2 Å². The summed E-state index contributed by atoms with van der Waals surface area (Å²) in [6.45, 7) is 0. The fraction of sp³-hybridized carbons (Fsp3) is 0.